The van der Waals surface area contributed by atoms with Gasteiger partial charge in [-0.2, -0.15) is 0 Å². The van der Waals surface area contributed by atoms with E-state index in [4.69, 9.17) is 11.6 Å². The van der Waals surface area contributed by atoms with E-state index in [1.54, 1.807) is 12.3 Å². The number of rotatable bonds is 6. The van der Waals surface area contributed by atoms with Crippen LogP contribution in [-0.2, 0) is 6.54 Å². The maximum Gasteiger partial charge on any atom is 0.0931 e. The molecule has 1 aromatic carbocycles. The molecular formula is C17H21ClN2O. The van der Waals surface area contributed by atoms with Crippen molar-refractivity contribution in [2.45, 2.75) is 32.5 Å². The van der Waals surface area contributed by atoms with Crippen molar-refractivity contribution in [3.05, 3.63) is 64.9 Å². The molecule has 0 saturated heterocycles. The highest BCUT2D eigenvalue weighted by Gasteiger charge is 2.18. The van der Waals surface area contributed by atoms with E-state index in [9.17, 15) is 5.11 Å². The molecule has 0 aliphatic heterocycles. The van der Waals surface area contributed by atoms with Crippen LogP contribution < -0.4 is 0 Å². The van der Waals surface area contributed by atoms with Gasteiger partial charge in [0.25, 0.3) is 0 Å². The molecule has 0 radical (unpaired) electrons. The lowest BCUT2D eigenvalue weighted by atomic mass is 10.1. The average Bonchev–Trinajstić information content (AvgIpc) is 2.48. The monoisotopic (exact) mass is 304 g/mol. The van der Waals surface area contributed by atoms with Crippen molar-refractivity contribution in [3.8, 4) is 0 Å². The second-order valence-corrected chi connectivity index (χ2v) is 5.83. The molecule has 3 nitrogen and oxygen atoms in total. The molecule has 112 valence electrons. The Morgan fingerprint density at radius 1 is 1.19 bits per heavy atom. The van der Waals surface area contributed by atoms with Crippen LogP contribution in [0.25, 0.3) is 0 Å². The van der Waals surface area contributed by atoms with Crippen LogP contribution in [0.2, 0.25) is 5.02 Å². The third kappa shape index (κ3) is 4.53. The van der Waals surface area contributed by atoms with Gasteiger partial charge in [-0.15, -0.1) is 0 Å². The van der Waals surface area contributed by atoms with Gasteiger partial charge < -0.3 is 5.11 Å². The number of halogens is 1. The normalized spacial score (nSPS) is 12.9. The summed E-state index contributed by atoms with van der Waals surface area (Å²) in [6, 6.07) is 11.7. The molecule has 1 unspecified atom stereocenters. The summed E-state index contributed by atoms with van der Waals surface area (Å²) in [6.07, 6.45) is 3.02. The van der Waals surface area contributed by atoms with Crippen LogP contribution in [0.4, 0.5) is 0 Å². The number of hydrogen-bond acceptors (Lipinski definition) is 3. The maximum atomic E-state index is 10.5. The summed E-state index contributed by atoms with van der Waals surface area (Å²) >= 11 is 6.15. The Labute approximate surface area is 131 Å². The summed E-state index contributed by atoms with van der Waals surface area (Å²) in [5.41, 5.74) is 1.91. The summed E-state index contributed by atoms with van der Waals surface area (Å²) in [7, 11) is 0. The Bertz CT molecular complexity index is 560. The van der Waals surface area contributed by atoms with Gasteiger partial charge >= 0.3 is 0 Å². The van der Waals surface area contributed by atoms with E-state index >= 15 is 0 Å². The molecule has 0 amide bonds. The van der Waals surface area contributed by atoms with Crippen molar-refractivity contribution in [1.29, 1.82) is 0 Å². The molecule has 4 heteroatoms. The van der Waals surface area contributed by atoms with Gasteiger partial charge in [0, 0.05) is 42.1 Å². The van der Waals surface area contributed by atoms with Crippen LogP contribution >= 0.6 is 11.6 Å². The molecule has 1 N–H and O–H groups in total. The van der Waals surface area contributed by atoms with E-state index < -0.39 is 6.10 Å². The van der Waals surface area contributed by atoms with Crippen LogP contribution in [0.5, 0.6) is 0 Å². The second kappa shape index (κ2) is 7.55. The van der Waals surface area contributed by atoms with Crippen LogP contribution in [-0.4, -0.2) is 27.6 Å². The first-order valence-corrected chi connectivity index (χ1v) is 7.51. The Hall–Kier alpha value is -1.42. The number of nitrogens with zero attached hydrogens (tertiary/aromatic N) is 2. The second-order valence-electron chi connectivity index (χ2n) is 5.42. The summed E-state index contributed by atoms with van der Waals surface area (Å²) in [5, 5.41) is 11.1. The summed E-state index contributed by atoms with van der Waals surface area (Å²) < 4.78 is 0. The standard InChI is InChI=1S/C17H21ClN2O/c1-13(2)20(11-14-6-5-9-19-10-14)12-17(21)15-7-3-4-8-16(15)18/h3-10,13,17,21H,11-12H2,1-2H3. The zero-order chi connectivity index (χ0) is 15.2. The first-order chi connectivity index (χ1) is 10.1. The average molecular weight is 305 g/mol. The van der Waals surface area contributed by atoms with E-state index in [1.165, 1.54) is 0 Å². The highest BCUT2D eigenvalue weighted by Crippen LogP contribution is 2.24. The lowest BCUT2D eigenvalue weighted by Gasteiger charge is -2.29. The topological polar surface area (TPSA) is 36.4 Å². The zero-order valence-corrected chi connectivity index (χ0v) is 13.2. The Morgan fingerprint density at radius 2 is 1.95 bits per heavy atom. The Balaban J connectivity index is 2.08. The fourth-order valence-electron chi connectivity index (χ4n) is 2.25. The number of aliphatic hydroxyl groups excluding tert-OH is 1. The number of benzene rings is 1. The predicted molar refractivity (Wildman–Crippen MR) is 86.2 cm³/mol. The van der Waals surface area contributed by atoms with E-state index in [2.05, 4.69) is 23.7 Å². The number of aliphatic hydroxyl groups is 1. The molecule has 1 atom stereocenters. The van der Waals surface area contributed by atoms with Crippen LogP contribution in [0.3, 0.4) is 0 Å². The van der Waals surface area contributed by atoms with Crippen molar-refractivity contribution in [1.82, 2.24) is 9.88 Å². The summed E-state index contributed by atoms with van der Waals surface area (Å²) in [4.78, 5) is 6.35. The fourth-order valence-corrected chi connectivity index (χ4v) is 2.51. The third-order valence-electron chi connectivity index (χ3n) is 3.51. The lowest BCUT2D eigenvalue weighted by molar-refractivity contribution is 0.0908. The van der Waals surface area contributed by atoms with Crippen molar-refractivity contribution < 1.29 is 5.11 Å². The summed E-state index contributed by atoms with van der Waals surface area (Å²) in [5.74, 6) is 0. The minimum absolute atomic E-state index is 0.322. The van der Waals surface area contributed by atoms with Gasteiger partial charge in [0.05, 0.1) is 6.10 Å². The van der Waals surface area contributed by atoms with Crippen molar-refractivity contribution in [2.75, 3.05) is 6.54 Å². The Morgan fingerprint density at radius 3 is 2.57 bits per heavy atom. The van der Waals surface area contributed by atoms with Crippen molar-refractivity contribution >= 4 is 11.6 Å². The van der Waals surface area contributed by atoms with Gasteiger partial charge in [0.15, 0.2) is 0 Å². The minimum Gasteiger partial charge on any atom is -0.387 e. The molecule has 1 aromatic heterocycles. The van der Waals surface area contributed by atoms with E-state index in [0.29, 0.717) is 17.6 Å². The van der Waals surface area contributed by atoms with Gasteiger partial charge in [0.2, 0.25) is 0 Å². The number of aromatic nitrogens is 1. The first kappa shape index (κ1) is 16.0. The lowest BCUT2D eigenvalue weighted by Crippen LogP contribution is -2.34. The minimum atomic E-state index is -0.599. The third-order valence-corrected chi connectivity index (χ3v) is 3.85. The quantitative estimate of drug-likeness (QED) is 0.884. The SMILES string of the molecule is CC(C)N(Cc1cccnc1)CC(O)c1ccccc1Cl. The van der Waals surface area contributed by atoms with E-state index in [-0.39, 0.29) is 0 Å². The van der Waals surface area contributed by atoms with Crippen LogP contribution in [0.1, 0.15) is 31.1 Å². The van der Waals surface area contributed by atoms with Gasteiger partial charge in [-0.25, -0.2) is 0 Å². The van der Waals surface area contributed by atoms with Gasteiger partial charge in [-0.05, 0) is 31.5 Å². The van der Waals surface area contributed by atoms with Gasteiger partial charge in [0.1, 0.15) is 0 Å². The molecule has 0 fully saturated rings. The molecule has 1 heterocycles. The molecule has 21 heavy (non-hydrogen) atoms. The van der Waals surface area contributed by atoms with Crippen molar-refractivity contribution in [2.24, 2.45) is 0 Å². The van der Waals surface area contributed by atoms with Crippen LogP contribution in [0.15, 0.2) is 48.8 Å². The highest BCUT2D eigenvalue weighted by molar-refractivity contribution is 6.31. The molecule has 2 rings (SSSR count). The molecule has 0 aliphatic carbocycles. The molecule has 0 saturated carbocycles. The molecule has 0 aliphatic rings. The maximum absolute atomic E-state index is 10.5. The number of pyridine rings is 1. The van der Waals surface area contributed by atoms with Gasteiger partial charge in [-0.1, -0.05) is 35.9 Å². The zero-order valence-electron chi connectivity index (χ0n) is 12.4. The largest absolute Gasteiger partial charge is 0.387 e. The summed E-state index contributed by atoms with van der Waals surface area (Å²) in [6.45, 7) is 5.54. The molecule has 0 bridgehead atoms. The smallest absolute Gasteiger partial charge is 0.0931 e. The van der Waals surface area contributed by atoms with E-state index in [1.807, 2.05) is 36.5 Å². The first-order valence-electron chi connectivity index (χ1n) is 7.13. The number of hydrogen-bond donors (Lipinski definition) is 1. The molecule has 0 spiro atoms. The molecule has 2 aromatic rings. The van der Waals surface area contributed by atoms with Crippen LogP contribution in [0, 0.1) is 0 Å². The molecular weight excluding hydrogens is 284 g/mol. The predicted octanol–water partition coefficient (Wildman–Crippen LogP) is 3.68. The van der Waals surface area contributed by atoms with E-state index in [0.717, 1.165) is 17.7 Å². The van der Waals surface area contributed by atoms with Gasteiger partial charge in [-0.3, -0.25) is 9.88 Å². The fraction of sp³-hybridized carbons (Fsp3) is 0.353. The highest BCUT2D eigenvalue weighted by atomic mass is 35.5. The Kier molecular flexibility index (Phi) is 5.74. The van der Waals surface area contributed by atoms with Crippen molar-refractivity contribution in [3.63, 3.8) is 0 Å².